The van der Waals surface area contributed by atoms with Gasteiger partial charge in [0.05, 0.1) is 11.6 Å². The van der Waals surface area contributed by atoms with E-state index in [2.05, 4.69) is 40.2 Å². The van der Waals surface area contributed by atoms with Crippen LogP contribution >= 0.6 is 39.1 Å². The average Bonchev–Trinajstić information content (AvgIpc) is 2.49. The molecule has 1 nitrogen and oxygen atoms in total. The van der Waals surface area contributed by atoms with E-state index in [9.17, 15) is 0 Å². The van der Waals surface area contributed by atoms with Crippen molar-refractivity contribution in [1.82, 2.24) is 0 Å². The summed E-state index contributed by atoms with van der Waals surface area (Å²) in [6.07, 6.45) is 3.16. The number of halogens is 3. The lowest BCUT2D eigenvalue weighted by molar-refractivity contribution is 0.305. The van der Waals surface area contributed by atoms with Crippen LogP contribution in [0.5, 0.6) is 5.75 Å². The highest BCUT2D eigenvalue weighted by atomic mass is 79.9. The lowest BCUT2D eigenvalue weighted by Gasteiger charge is -2.12. The van der Waals surface area contributed by atoms with E-state index in [0.717, 1.165) is 30.6 Å². The fourth-order valence-corrected chi connectivity index (χ4v) is 3.13. The molecule has 0 saturated heterocycles. The van der Waals surface area contributed by atoms with Crippen molar-refractivity contribution in [2.24, 2.45) is 0 Å². The minimum absolute atomic E-state index is 0.569. The van der Waals surface area contributed by atoms with Gasteiger partial charge in [0.25, 0.3) is 0 Å². The van der Waals surface area contributed by atoms with Gasteiger partial charge in [0.2, 0.25) is 0 Å². The normalized spacial score (nSPS) is 10.6. The summed E-state index contributed by atoms with van der Waals surface area (Å²) in [7, 11) is 0. The average molecular weight is 388 g/mol. The maximum absolute atomic E-state index is 6.19. The Morgan fingerprint density at radius 3 is 2.48 bits per heavy atom. The summed E-state index contributed by atoms with van der Waals surface area (Å²) < 4.78 is 5.83. The molecule has 2 aromatic rings. The van der Waals surface area contributed by atoms with Gasteiger partial charge in [-0.2, -0.15) is 0 Å². The molecule has 0 aliphatic carbocycles. The zero-order chi connectivity index (χ0) is 15.1. The molecule has 2 rings (SSSR count). The van der Waals surface area contributed by atoms with Crippen molar-refractivity contribution in [3.05, 3.63) is 63.6 Å². The van der Waals surface area contributed by atoms with Gasteiger partial charge in [0, 0.05) is 15.9 Å². The van der Waals surface area contributed by atoms with E-state index in [4.69, 9.17) is 27.9 Å². The first-order chi connectivity index (χ1) is 10.2. The van der Waals surface area contributed by atoms with Gasteiger partial charge in [0.15, 0.2) is 0 Å². The zero-order valence-electron chi connectivity index (χ0n) is 11.6. The number of rotatable bonds is 7. The Labute approximate surface area is 144 Å². The number of benzene rings is 2. The maximum atomic E-state index is 6.19. The summed E-state index contributed by atoms with van der Waals surface area (Å²) in [5.74, 6) is 0.734. The van der Waals surface area contributed by atoms with Crippen LogP contribution < -0.4 is 4.74 Å². The Hall–Kier alpha value is -0.700. The fraction of sp³-hybridized carbons (Fsp3) is 0.294. The van der Waals surface area contributed by atoms with Crippen LogP contribution in [0.3, 0.4) is 0 Å². The Morgan fingerprint density at radius 2 is 1.76 bits per heavy atom. The summed E-state index contributed by atoms with van der Waals surface area (Å²) in [5, 5.41) is 1.87. The summed E-state index contributed by atoms with van der Waals surface area (Å²) in [4.78, 5) is 0. The molecule has 0 radical (unpaired) electrons. The Morgan fingerprint density at radius 1 is 1.00 bits per heavy atom. The van der Waals surface area contributed by atoms with E-state index in [1.54, 1.807) is 6.07 Å². The number of ether oxygens (including phenoxy) is 1. The zero-order valence-corrected chi connectivity index (χ0v) is 14.7. The fourth-order valence-electron chi connectivity index (χ4n) is 2.12. The molecule has 0 atom stereocenters. The third kappa shape index (κ3) is 5.21. The highest BCUT2D eigenvalue weighted by molar-refractivity contribution is 9.08. The maximum Gasteiger partial charge on any atom is 0.142 e. The molecule has 0 aromatic heterocycles. The molecule has 0 bridgehead atoms. The van der Waals surface area contributed by atoms with Gasteiger partial charge >= 0.3 is 0 Å². The van der Waals surface area contributed by atoms with Crippen molar-refractivity contribution in [2.75, 3.05) is 6.61 Å². The third-order valence-corrected chi connectivity index (χ3v) is 4.28. The Kier molecular flexibility index (Phi) is 6.88. The number of hydrogen-bond donors (Lipinski definition) is 0. The number of unbranched alkanes of at least 4 members (excludes halogenated alkanes) is 1. The van der Waals surface area contributed by atoms with Gasteiger partial charge in [-0.25, -0.2) is 0 Å². The quantitative estimate of drug-likeness (QED) is 0.400. The molecule has 0 N–H and O–H groups in total. The molecule has 0 aliphatic heterocycles. The first-order valence-corrected chi connectivity index (χ1v) is 8.79. The topological polar surface area (TPSA) is 9.23 Å². The lowest BCUT2D eigenvalue weighted by Crippen LogP contribution is -2.01. The van der Waals surface area contributed by atoms with Crippen molar-refractivity contribution < 1.29 is 4.74 Å². The number of alkyl halides is 1. The molecular formula is C17H17BrCl2O. The van der Waals surface area contributed by atoms with Gasteiger partial charge in [-0.3, -0.25) is 0 Å². The first kappa shape index (κ1) is 16.7. The molecule has 4 heteroatoms. The SMILES string of the molecule is Clc1cc(Cl)c(OCCCCc2ccccc2)c(CBr)c1. The van der Waals surface area contributed by atoms with Crippen LogP contribution in [0.4, 0.5) is 0 Å². The van der Waals surface area contributed by atoms with Crippen molar-refractivity contribution >= 4 is 39.1 Å². The molecule has 112 valence electrons. The monoisotopic (exact) mass is 386 g/mol. The second-order valence-electron chi connectivity index (χ2n) is 4.80. The molecule has 0 aliphatic rings. The largest absolute Gasteiger partial charge is 0.492 e. The minimum atomic E-state index is 0.569. The van der Waals surface area contributed by atoms with Crippen LogP contribution in [-0.2, 0) is 11.8 Å². The molecule has 2 aromatic carbocycles. The second kappa shape index (κ2) is 8.67. The van der Waals surface area contributed by atoms with Crippen LogP contribution in [0.2, 0.25) is 10.0 Å². The first-order valence-electron chi connectivity index (χ1n) is 6.91. The van der Waals surface area contributed by atoms with Gasteiger partial charge in [-0.05, 0) is 37.0 Å². The lowest BCUT2D eigenvalue weighted by atomic mass is 10.1. The van der Waals surface area contributed by atoms with Gasteiger partial charge in [-0.1, -0.05) is 69.5 Å². The number of hydrogen-bond acceptors (Lipinski definition) is 1. The molecule has 0 unspecified atom stereocenters. The summed E-state index contributed by atoms with van der Waals surface area (Å²) >= 11 is 15.6. The Bertz CT molecular complexity index is 573. The van der Waals surface area contributed by atoms with E-state index in [1.807, 2.05) is 12.1 Å². The van der Waals surface area contributed by atoms with E-state index in [-0.39, 0.29) is 0 Å². The standard InChI is InChI=1S/C17H17BrCl2O/c18-12-14-10-15(19)11-16(20)17(14)21-9-5-4-8-13-6-2-1-3-7-13/h1-3,6-7,10-11H,4-5,8-9,12H2. The number of aryl methyl sites for hydroxylation is 1. The van der Waals surface area contributed by atoms with E-state index >= 15 is 0 Å². The summed E-state index contributed by atoms with van der Waals surface area (Å²) in [6, 6.07) is 14.1. The molecule has 21 heavy (non-hydrogen) atoms. The van der Waals surface area contributed by atoms with E-state index in [0.29, 0.717) is 22.0 Å². The highest BCUT2D eigenvalue weighted by Gasteiger charge is 2.09. The molecule has 0 heterocycles. The van der Waals surface area contributed by atoms with Crippen LogP contribution in [-0.4, -0.2) is 6.61 Å². The van der Waals surface area contributed by atoms with E-state index in [1.165, 1.54) is 5.56 Å². The Balaban J connectivity index is 1.81. The third-order valence-electron chi connectivity index (χ3n) is 3.18. The summed E-state index contributed by atoms with van der Waals surface area (Å²) in [6.45, 7) is 0.661. The van der Waals surface area contributed by atoms with Crippen molar-refractivity contribution in [3.8, 4) is 5.75 Å². The van der Waals surface area contributed by atoms with Crippen LogP contribution in [0.1, 0.15) is 24.0 Å². The predicted molar refractivity (Wildman–Crippen MR) is 94.0 cm³/mol. The molecule has 0 spiro atoms. The molecular weight excluding hydrogens is 371 g/mol. The highest BCUT2D eigenvalue weighted by Crippen LogP contribution is 2.33. The van der Waals surface area contributed by atoms with Crippen LogP contribution in [0.25, 0.3) is 0 Å². The van der Waals surface area contributed by atoms with Crippen molar-refractivity contribution in [3.63, 3.8) is 0 Å². The van der Waals surface area contributed by atoms with Gasteiger partial charge < -0.3 is 4.74 Å². The van der Waals surface area contributed by atoms with Gasteiger partial charge in [-0.15, -0.1) is 0 Å². The van der Waals surface area contributed by atoms with Crippen molar-refractivity contribution in [1.29, 1.82) is 0 Å². The van der Waals surface area contributed by atoms with Crippen LogP contribution in [0, 0.1) is 0 Å². The minimum Gasteiger partial charge on any atom is -0.492 e. The molecule has 0 amide bonds. The smallest absolute Gasteiger partial charge is 0.142 e. The van der Waals surface area contributed by atoms with E-state index < -0.39 is 0 Å². The van der Waals surface area contributed by atoms with Gasteiger partial charge in [0.1, 0.15) is 5.75 Å². The predicted octanol–water partition coefficient (Wildman–Crippen LogP) is 6.29. The van der Waals surface area contributed by atoms with Crippen LogP contribution in [0.15, 0.2) is 42.5 Å². The second-order valence-corrected chi connectivity index (χ2v) is 6.21. The summed E-state index contributed by atoms with van der Waals surface area (Å²) in [5.41, 5.74) is 2.35. The molecule has 0 fully saturated rings. The van der Waals surface area contributed by atoms with Crippen molar-refractivity contribution in [2.45, 2.75) is 24.6 Å². The molecule has 0 saturated carbocycles.